The van der Waals surface area contributed by atoms with Crippen molar-refractivity contribution in [3.05, 3.63) is 11.3 Å². The molecule has 0 bridgehead atoms. The van der Waals surface area contributed by atoms with Crippen LogP contribution < -0.4 is 5.73 Å². The second-order valence-corrected chi connectivity index (χ2v) is 4.26. The van der Waals surface area contributed by atoms with E-state index in [2.05, 4.69) is 0 Å². The van der Waals surface area contributed by atoms with Crippen molar-refractivity contribution in [1.82, 2.24) is 4.90 Å². The minimum atomic E-state index is -1.07. The number of ether oxygens (including phenoxy) is 1. The molecule has 1 heterocycles. The predicted molar refractivity (Wildman–Crippen MR) is 65.9 cm³/mol. The molecule has 0 saturated carbocycles. The van der Waals surface area contributed by atoms with Gasteiger partial charge in [0, 0.05) is 13.1 Å². The fourth-order valence-corrected chi connectivity index (χ4v) is 1.91. The van der Waals surface area contributed by atoms with Gasteiger partial charge in [0.2, 0.25) is 0 Å². The van der Waals surface area contributed by atoms with Gasteiger partial charge in [-0.15, -0.1) is 0 Å². The van der Waals surface area contributed by atoms with Crippen LogP contribution in [0.2, 0.25) is 0 Å². The molecule has 0 atom stereocenters. The normalized spacial score (nSPS) is 17.1. The van der Waals surface area contributed by atoms with Gasteiger partial charge in [0.1, 0.15) is 6.61 Å². The Labute approximate surface area is 106 Å². The molecule has 102 valence electrons. The third-order valence-electron chi connectivity index (χ3n) is 2.96. The first kappa shape index (κ1) is 14.3. The van der Waals surface area contributed by atoms with E-state index in [-0.39, 0.29) is 17.9 Å². The Morgan fingerprint density at radius 3 is 2.39 bits per heavy atom. The molecule has 0 aliphatic carbocycles. The number of rotatable bonds is 4. The van der Waals surface area contributed by atoms with Crippen LogP contribution in [-0.4, -0.2) is 41.8 Å². The van der Waals surface area contributed by atoms with Crippen molar-refractivity contribution in [3.63, 3.8) is 0 Å². The van der Waals surface area contributed by atoms with Crippen LogP contribution in [0, 0.1) is 0 Å². The predicted octanol–water partition coefficient (Wildman–Crippen LogP) is 1.32. The smallest absolute Gasteiger partial charge is 0.410 e. The molecule has 0 aromatic heterocycles. The molecule has 6 heteroatoms. The van der Waals surface area contributed by atoms with Crippen molar-refractivity contribution in [2.75, 3.05) is 19.7 Å². The Morgan fingerprint density at radius 1 is 1.28 bits per heavy atom. The highest BCUT2D eigenvalue weighted by atomic mass is 16.6. The second kappa shape index (κ2) is 6.88. The molecule has 1 rings (SSSR count). The minimum Gasteiger partial charge on any atom is -0.478 e. The number of piperidine rings is 1. The average molecular weight is 256 g/mol. The number of likely N-dealkylation sites (tertiary alicyclic amines) is 1. The average Bonchev–Trinajstić information content (AvgIpc) is 2.37. The molecule has 3 N–H and O–H groups in total. The number of carbonyl (C=O) groups is 2. The van der Waals surface area contributed by atoms with Crippen molar-refractivity contribution in [2.24, 2.45) is 5.73 Å². The molecular formula is C12H20N2O4. The molecule has 1 fully saturated rings. The lowest BCUT2D eigenvalue weighted by molar-refractivity contribution is -0.132. The van der Waals surface area contributed by atoms with Crippen LogP contribution in [0.25, 0.3) is 0 Å². The Kier molecular flexibility index (Phi) is 5.48. The lowest BCUT2D eigenvalue weighted by atomic mass is 10.1. The maximum atomic E-state index is 11.7. The number of nitrogens with two attached hydrogens (primary N) is 1. The molecule has 1 aliphatic rings. The van der Waals surface area contributed by atoms with Crippen molar-refractivity contribution < 1.29 is 19.4 Å². The van der Waals surface area contributed by atoms with Gasteiger partial charge >= 0.3 is 12.1 Å². The summed E-state index contributed by atoms with van der Waals surface area (Å²) in [6.45, 7) is 2.93. The standard InChI is InChI=1S/C12H20N2O4/c1-2-9(11(15)16)10(13)8-18-12(17)14-6-4-3-5-7-14/h2-8,13H2,1H3,(H,15,16). The summed E-state index contributed by atoms with van der Waals surface area (Å²) in [6, 6.07) is 0. The summed E-state index contributed by atoms with van der Waals surface area (Å²) in [6.07, 6.45) is 2.98. The van der Waals surface area contributed by atoms with Crippen molar-refractivity contribution in [3.8, 4) is 0 Å². The SMILES string of the molecule is CCC(C(=O)O)=C(N)COC(=O)N1CCCCC1. The fraction of sp³-hybridized carbons (Fsp3) is 0.667. The van der Waals surface area contributed by atoms with Gasteiger partial charge in [-0.1, -0.05) is 6.92 Å². The third-order valence-corrected chi connectivity index (χ3v) is 2.96. The van der Waals surface area contributed by atoms with Gasteiger partial charge in [-0.2, -0.15) is 0 Å². The number of aliphatic carboxylic acids is 1. The van der Waals surface area contributed by atoms with Crippen LogP contribution in [0.1, 0.15) is 32.6 Å². The molecule has 1 amide bonds. The van der Waals surface area contributed by atoms with E-state index in [1.165, 1.54) is 0 Å². The van der Waals surface area contributed by atoms with E-state index in [4.69, 9.17) is 15.6 Å². The fourth-order valence-electron chi connectivity index (χ4n) is 1.91. The second-order valence-electron chi connectivity index (χ2n) is 4.26. The number of hydrogen-bond acceptors (Lipinski definition) is 4. The summed E-state index contributed by atoms with van der Waals surface area (Å²) in [5.74, 6) is -1.07. The highest BCUT2D eigenvalue weighted by Crippen LogP contribution is 2.11. The monoisotopic (exact) mass is 256 g/mol. The number of hydrogen-bond donors (Lipinski definition) is 2. The summed E-state index contributed by atoms with van der Waals surface area (Å²) < 4.78 is 5.02. The molecule has 6 nitrogen and oxygen atoms in total. The topological polar surface area (TPSA) is 92.9 Å². The Balaban J connectivity index is 2.48. The van der Waals surface area contributed by atoms with E-state index in [0.717, 1.165) is 19.3 Å². The number of carboxylic acids is 1. The lowest BCUT2D eigenvalue weighted by Gasteiger charge is -2.25. The van der Waals surface area contributed by atoms with Gasteiger partial charge in [-0.05, 0) is 25.7 Å². The van der Waals surface area contributed by atoms with Crippen molar-refractivity contribution >= 4 is 12.1 Å². The summed E-state index contributed by atoms with van der Waals surface area (Å²) in [7, 11) is 0. The molecular weight excluding hydrogens is 236 g/mol. The largest absolute Gasteiger partial charge is 0.478 e. The van der Waals surface area contributed by atoms with Crippen molar-refractivity contribution in [1.29, 1.82) is 0 Å². The zero-order valence-corrected chi connectivity index (χ0v) is 10.6. The first-order valence-electron chi connectivity index (χ1n) is 6.18. The van der Waals surface area contributed by atoms with E-state index < -0.39 is 12.1 Å². The first-order chi connectivity index (χ1) is 8.56. The van der Waals surface area contributed by atoms with Gasteiger partial charge in [-0.3, -0.25) is 0 Å². The van der Waals surface area contributed by atoms with Gasteiger partial charge in [0.15, 0.2) is 0 Å². The van der Waals surface area contributed by atoms with Gasteiger partial charge in [-0.25, -0.2) is 9.59 Å². The maximum absolute atomic E-state index is 11.7. The van der Waals surface area contributed by atoms with Crippen LogP contribution >= 0.6 is 0 Å². The number of carbonyl (C=O) groups excluding carboxylic acids is 1. The van der Waals surface area contributed by atoms with Crippen LogP contribution in [0.3, 0.4) is 0 Å². The number of amides is 1. The molecule has 0 unspecified atom stereocenters. The van der Waals surface area contributed by atoms with Crippen LogP contribution in [0.4, 0.5) is 4.79 Å². The Morgan fingerprint density at radius 2 is 1.89 bits per heavy atom. The van der Waals surface area contributed by atoms with E-state index in [1.807, 2.05) is 0 Å². The Hall–Kier alpha value is -1.72. The first-order valence-corrected chi connectivity index (χ1v) is 6.18. The molecule has 1 aliphatic heterocycles. The van der Waals surface area contributed by atoms with Gasteiger partial charge < -0.3 is 20.5 Å². The quantitative estimate of drug-likeness (QED) is 0.740. The van der Waals surface area contributed by atoms with Gasteiger partial charge in [0.25, 0.3) is 0 Å². The molecule has 0 radical (unpaired) electrons. The lowest BCUT2D eigenvalue weighted by Crippen LogP contribution is -2.36. The zero-order chi connectivity index (χ0) is 13.5. The molecule has 0 aromatic carbocycles. The third kappa shape index (κ3) is 3.94. The van der Waals surface area contributed by atoms with E-state index in [0.29, 0.717) is 19.5 Å². The highest BCUT2D eigenvalue weighted by molar-refractivity contribution is 5.87. The highest BCUT2D eigenvalue weighted by Gasteiger charge is 2.18. The van der Waals surface area contributed by atoms with Crippen LogP contribution in [0.5, 0.6) is 0 Å². The van der Waals surface area contributed by atoms with Crippen molar-refractivity contribution in [2.45, 2.75) is 32.6 Å². The molecule has 1 saturated heterocycles. The van der Waals surface area contributed by atoms with E-state index >= 15 is 0 Å². The summed E-state index contributed by atoms with van der Waals surface area (Å²) in [5.41, 5.74) is 5.82. The van der Waals surface area contributed by atoms with Gasteiger partial charge in [0.05, 0.1) is 11.3 Å². The van der Waals surface area contributed by atoms with Crippen LogP contribution in [-0.2, 0) is 9.53 Å². The van der Waals surface area contributed by atoms with Crippen LogP contribution in [0.15, 0.2) is 11.3 Å². The Bertz CT molecular complexity index is 346. The minimum absolute atomic E-state index is 0.0986. The molecule has 0 spiro atoms. The summed E-state index contributed by atoms with van der Waals surface area (Å²) in [4.78, 5) is 24.1. The van der Waals surface area contributed by atoms with E-state index in [1.54, 1.807) is 11.8 Å². The summed E-state index contributed by atoms with van der Waals surface area (Å²) in [5, 5.41) is 8.87. The number of carboxylic acid groups (broad SMARTS) is 1. The van der Waals surface area contributed by atoms with E-state index in [9.17, 15) is 9.59 Å². The molecule has 18 heavy (non-hydrogen) atoms. The number of nitrogens with zero attached hydrogens (tertiary/aromatic N) is 1. The molecule has 0 aromatic rings. The zero-order valence-electron chi connectivity index (χ0n) is 10.6. The summed E-state index contributed by atoms with van der Waals surface area (Å²) >= 11 is 0. The maximum Gasteiger partial charge on any atom is 0.410 e.